The minimum absolute atomic E-state index is 0.0219. The van der Waals surface area contributed by atoms with Crippen LogP contribution in [0.3, 0.4) is 0 Å². The maximum atomic E-state index is 11.4. The molecule has 0 amide bonds. The second kappa shape index (κ2) is 4.37. The summed E-state index contributed by atoms with van der Waals surface area (Å²) in [5, 5.41) is -0.250. The maximum absolute atomic E-state index is 11.4. The number of aryl methyl sites for hydroxylation is 1. The summed E-state index contributed by atoms with van der Waals surface area (Å²) in [6.45, 7) is 2.82. The number of hydrogen-bond acceptors (Lipinski definition) is 3. The van der Waals surface area contributed by atoms with Crippen LogP contribution < -0.4 is 0 Å². The second-order valence-corrected chi connectivity index (χ2v) is 6.87. The highest BCUT2D eigenvalue weighted by atomic mass is 35.5. The molecule has 16 heavy (non-hydrogen) atoms. The lowest BCUT2D eigenvalue weighted by molar-refractivity contribution is 0.540. The molecular formula is C10H15ClN2O2S. The van der Waals surface area contributed by atoms with E-state index in [0.29, 0.717) is 6.42 Å². The Labute approximate surface area is 101 Å². The Morgan fingerprint density at radius 3 is 3.00 bits per heavy atom. The molecule has 0 saturated carbocycles. The van der Waals surface area contributed by atoms with Crippen molar-refractivity contribution in [2.24, 2.45) is 5.92 Å². The van der Waals surface area contributed by atoms with Crippen LogP contribution in [-0.4, -0.2) is 29.5 Å². The Morgan fingerprint density at radius 2 is 2.44 bits per heavy atom. The normalized spacial score (nSPS) is 25.8. The van der Waals surface area contributed by atoms with E-state index in [4.69, 9.17) is 11.6 Å². The average Bonchev–Trinajstić information content (AvgIpc) is 2.82. The first-order chi connectivity index (χ1) is 7.53. The van der Waals surface area contributed by atoms with E-state index in [1.54, 1.807) is 12.5 Å². The van der Waals surface area contributed by atoms with Crippen molar-refractivity contribution >= 4 is 21.4 Å². The van der Waals surface area contributed by atoms with E-state index < -0.39 is 9.84 Å². The van der Waals surface area contributed by atoms with E-state index in [1.807, 2.05) is 11.5 Å². The quantitative estimate of drug-likeness (QED) is 0.778. The van der Waals surface area contributed by atoms with Gasteiger partial charge in [0.05, 0.1) is 28.9 Å². The van der Waals surface area contributed by atoms with Crippen molar-refractivity contribution in [1.29, 1.82) is 0 Å². The van der Waals surface area contributed by atoms with Crippen molar-refractivity contribution in [2.45, 2.75) is 25.3 Å². The highest BCUT2D eigenvalue weighted by Crippen LogP contribution is 2.36. The van der Waals surface area contributed by atoms with Gasteiger partial charge in [-0.05, 0) is 19.3 Å². The van der Waals surface area contributed by atoms with E-state index in [2.05, 4.69) is 4.98 Å². The molecule has 1 fully saturated rings. The largest absolute Gasteiger partial charge is 0.334 e. The molecule has 90 valence electrons. The molecule has 2 unspecified atom stereocenters. The molecule has 2 heterocycles. The lowest BCUT2D eigenvalue weighted by Crippen LogP contribution is -2.13. The van der Waals surface area contributed by atoms with Crippen LogP contribution in [0.1, 0.15) is 24.4 Å². The summed E-state index contributed by atoms with van der Waals surface area (Å²) in [4.78, 5) is 4.05. The minimum atomic E-state index is -2.87. The number of hydrogen-bond donors (Lipinski definition) is 0. The van der Waals surface area contributed by atoms with Crippen molar-refractivity contribution in [1.82, 2.24) is 9.55 Å². The fourth-order valence-electron chi connectivity index (χ4n) is 2.12. The molecule has 1 aliphatic rings. The average molecular weight is 263 g/mol. The highest BCUT2D eigenvalue weighted by Gasteiger charge is 2.34. The standard InChI is InChI=1S/C10H15ClN2O2S/c1-2-13-7-12-5-9(13)10(11)8-3-4-16(14,15)6-8/h5,7-8,10H,2-4,6H2,1H3. The van der Waals surface area contributed by atoms with Crippen LogP contribution in [0.2, 0.25) is 0 Å². The number of aromatic nitrogens is 2. The van der Waals surface area contributed by atoms with Gasteiger partial charge in [0.25, 0.3) is 0 Å². The predicted octanol–water partition coefficient (Wildman–Crippen LogP) is 1.62. The summed E-state index contributed by atoms with van der Waals surface area (Å²) >= 11 is 6.34. The molecule has 0 aliphatic carbocycles. The molecule has 2 atom stereocenters. The first-order valence-corrected chi connectivity index (χ1v) is 7.64. The van der Waals surface area contributed by atoms with Gasteiger partial charge in [-0.15, -0.1) is 11.6 Å². The zero-order chi connectivity index (χ0) is 11.8. The summed E-state index contributed by atoms with van der Waals surface area (Å²) in [5.41, 5.74) is 0.922. The van der Waals surface area contributed by atoms with Crippen molar-refractivity contribution < 1.29 is 8.42 Å². The van der Waals surface area contributed by atoms with Crippen molar-refractivity contribution in [3.05, 3.63) is 18.2 Å². The van der Waals surface area contributed by atoms with E-state index in [1.165, 1.54) is 0 Å². The minimum Gasteiger partial charge on any atom is -0.334 e. The van der Waals surface area contributed by atoms with Gasteiger partial charge in [-0.1, -0.05) is 0 Å². The summed E-state index contributed by atoms with van der Waals surface area (Å²) < 4.78 is 24.7. The molecule has 0 spiro atoms. The fourth-order valence-corrected chi connectivity index (χ4v) is 4.46. The number of alkyl halides is 1. The Hall–Kier alpha value is -0.550. The lowest BCUT2D eigenvalue weighted by atomic mass is 10.0. The Balaban J connectivity index is 2.17. The number of imidazole rings is 1. The van der Waals surface area contributed by atoms with Crippen LogP contribution in [0.5, 0.6) is 0 Å². The fraction of sp³-hybridized carbons (Fsp3) is 0.700. The van der Waals surface area contributed by atoms with Crippen LogP contribution in [0.15, 0.2) is 12.5 Å². The Morgan fingerprint density at radius 1 is 1.69 bits per heavy atom. The van der Waals surface area contributed by atoms with Gasteiger partial charge >= 0.3 is 0 Å². The first kappa shape index (κ1) is 11.9. The van der Waals surface area contributed by atoms with Gasteiger partial charge in [0, 0.05) is 12.7 Å². The van der Waals surface area contributed by atoms with Gasteiger partial charge in [0.15, 0.2) is 9.84 Å². The molecule has 0 aromatic carbocycles. The van der Waals surface area contributed by atoms with Crippen molar-refractivity contribution in [3.63, 3.8) is 0 Å². The van der Waals surface area contributed by atoms with Crippen LogP contribution >= 0.6 is 11.6 Å². The van der Waals surface area contributed by atoms with Crippen LogP contribution in [0.25, 0.3) is 0 Å². The lowest BCUT2D eigenvalue weighted by Gasteiger charge is -2.16. The molecule has 1 aliphatic heterocycles. The van der Waals surface area contributed by atoms with Gasteiger partial charge in [0.1, 0.15) is 0 Å². The topological polar surface area (TPSA) is 52.0 Å². The number of rotatable bonds is 3. The molecule has 0 bridgehead atoms. The molecule has 6 heteroatoms. The van der Waals surface area contributed by atoms with Gasteiger partial charge in [-0.25, -0.2) is 13.4 Å². The third-order valence-corrected chi connectivity index (χ3v) is 5.42. The van der Waals surface area contributed by atoms with Gasteiger partial charge in [-0.2, -0.15) is 0 Å². The predicted molar refractivity (Wildman–Crippen MR) is 63.3 cm³/mol. The smallest absolute Gasteiger partial charge is 0.150 e. The van der Waals surface area contributed by atoms with Crippen LogP contribution in [0.4, 0.5) is 0 Å². The highest BCUT2D eigenvalue weighted by molar-refractivity contribution is 7.91. The first-order valence-electron chi connectivity index (χ1n) is 5.38. The van der Waals surface area contributed by atoms with Crippen molar-refractivity contribution in [2.75, 3.05) is 11.5 Å². The SMILES string of the molecule is CCn1cncc1C(Cl)C1CCS(=O)(=O)C1. The Bertz CT molecular complexity index is 469. The number of nitrogens with zero attached hydrogens (tertiary/aromatic N) is 2. The molecule has 1 aromatic rings. The van der Waals surface area contributed by atoms with E-state index in [-0.39, 0.29) is 22.8 Å². The molecule has 4 nitrogen and oxygen atoms in total. The molecule has 1 aromatic heterocycles. The number of sulfone groups is 1. The molecular weight excluding hydrogens is 248 g/mol. The van der Waals surface area contributed by atoms with E-state index >= 15 is 0 Å². The summed E-state index contributed by atoms with van der Waals surface area (Å²) in [6, 6.07) is 0. The molecule has 1 saturated heterocycles. The zero-order valence-corrected chi connectivity index (χ0v) is 10.7. The van der Waals surface area contributed by atoms with E-state index in [0.717, 1.165) is 12.2 Å². The van der Waals surface area contributed by atoms with Crippen molar-refractivity contribution in [3.8, 4) is 0 Å². The molecule has 0 radical (unpaired) electrons. The van der Waals surface area contributed by atoms with Crippen LogP contribution in [0, 0.1) is 5.92 Å². The summed E-state index contributed by atoms with van der Waals surface area (Å²) in [7, 11) is -2.87. The van der Waals surface area contributed by atoms with Crippen LogP contribution in [-0.2, 0) is 16.4 Å². The monoisotopic (exact) mass is 262 g/mol. The number of halogens is 1. The second-order valence-electron chi connectivity index (χ2n) is 4.17. The zero-order valence-electron chi connectivity index (χ0n) is 9.13. The molecule has 0 N–H and O–H groups in total. The molecule has 2 rings (SSSR count). The summed E-state index contributed by atoms with van der Waals surface area (Å²) in [5.74, 6) is 0.491. The maximum Gasteiger partial charge on any atom is 0.150 e. The van der Waals surface area contributed by atoms with Gasteiger partial charge < -0.3 is 4.57 Å². The van der Waals surface area contributed by atoms with Gasteiger partial charge in [-0.3, -0.25) is 0 Å². The third-order valence-electron chi connectivity index (χ3n) is 3.05. The van der Waals surface area contributed by atoms with E-state index in [9.17, 15) is 8.42 Å². The summed E-state index contributed by atoms with van der Waals surface area (Å²) in [6.07, 6.45) is 4.12. The van der Waals surface area contributed by atoms with Gasteiger partial charge in [0.2, 0.25) is 0 Å². The third kappa shape index (κ3) is 2.25. The Kier molecular flexibility index (Phi) is 3.26.